The van der Waals surface area contributed by atoms with Gasteiger partial charge < -0.3 is 15.4 Å². The summed E-state index contributed by atoms with van der Waals surface area (Å²) < 4.78 is 5.35. The van der Waals surface area contributed by atoms with Gasteiger partial charge in [-0.1, -0.05) is 121 Å². The molecule has 1 aromatic rings. The molecule has 0 saturated heterocycles. The average Bonchev–Trinajstić information content (AvgIpc) is 3.61. The number of hydrogen-bond acceptors (Lipinski definition) is 3. The minimum absolute atomic E-state index is 0.0817. The number of para-hydroxylation sites is 1. The Morgan fingerprint density at radius 2 is 1.26 bits per heavy atom. The Balaban J connectivity index is 1.31. The zero-order valence-corrected chi connectivity index (χ0v) is 21.5. The second kappa shape index (κ2) is 18.3. The van der Waals surface area contributed by atoms with E-state index < -0.39 is 6.09 Å². The molecule has 2 atom stereocenters. The molecule has 1 aromatic carbocycles. The number of nitrogens with one attached hydrogen (secondary N) is 2. The Hall–Kier alpha value is -2.04. The first-order valence-electron chi connectivity index (χ1n) is 14.0. The molecule has 1 fully saturated rings. The van der Waals surface area contributed by atoms with Crippen molar-refractivity contribution in [3.05, 3.63) is 30.3 Å². The third kappa shape index (κ3) is 13.6. The molecule has 2 amide bonds. The van der Waals surface area contributed by atoms with Gasteiger partial charge in [-0.3, -0.25) is 4.79 Å². The number of benzene rings is 1. The largest absolute Gasteiger partial charge is 0.445 e. The highest BCUT2D eigenvalue weighted by Crippen LogP contribution is 2.34. The van der Waals surface area contributed by atoms with E-state index in [1.54, 1.807) is 0 Å². The highest BCUT2D eigenvalue weighted by molar-refractivity contribution is 5.95. The van der Waals surface area contributed by atoms with E-state index in [1.807, 2.05) is 30.3 Å². The first kappa shape index (κ1) is 28.2. The molecule has 1 aliphatic rings. The van der Waals surface area contributed by atoms with E-state index in [0.717, 1.165) is 18.5 Å². The maximum absolute atomic E-state index is 12.2. The van der Waals surface area contributed by atoms with Crippen molar-refractivity contribution in [1.82, 2.24) is 5.32 Å². The lowest BCUT2D eigenvalue weighted by atomic mass is 10.0. The average molecular weight is 473 g/mol. The van der Waals surface area contributed by atoms with Crippen molar-refractivity contribution in [1.29, 1.82) is 0 Å². The van der Waals surface area contributed by atoms with Gasteiger partial charge in [-0.2, -0.15) is 0 Å². The summed E-state index contributed by atoms with van der Waals surface area (Å²) in [5.41, 5.74) is 0.770. The normalized spacial score (nSPS) is 16.7. The van der Waals surface area contributed by atoms with Gasteiger partial charge >= 0.3 is 6.09 Å². The smallest absolute Gasteiger partial charge is 0.407 e. The maximum atomic E-state index is 12.2. The predicted octanol–water partition coefficient (Wildman–Crippen LogP) is 8.00. The molecule has 2 rings (SSSR count). The van der Waals surface area contributed by atoms with Crippen molar-refractivity contribution in [2.24, 2.45) is 5.92 Å². The lowest BCUT2D eigenvalue weighted by Gasteiger charge is -2.07. The Kier molecular flexibility index (Phi) is 15.2. The molecule has 192 valence electrons. The van der Waals surface area contributed by atoms with Crippen LogP contribution in [0.3, 0.4) is 0 Å². The minimum Gasteiger partial charge on any atom is -0.445 e. The van der Waals surface area contributed by atoms with Crippen LogP contribution in [0.25, 0.3) is 0 Å². The van der Waals surface area contributed by atoms with Gasteiger partial charge in [-0.05, 0) is 18.6 Å². The van der Waals surface area contributed by atoms with Crippen molar-refractivity contribution >= 4 is 17.7 Å². The monoisotopic (exact) mass is 472 g/mol. The third-order valence-corrected chi connectivity index (χ3v) is 6.67. The summed E-state index contributed by atoms with van der Waals surface area (Å²) in [7, 11) is 0. The van der Waals surface area contributed by atoms with Gasteiger partial charge in [0.05, 0.1) is 5.92 Å². The molecule has 0 heterocycles. The van der Waals surface area contributed by atoms with E-state index in [2.05, 4.69) is 17.6 Å². The fraction of sp³-hybridized carbons (Fsp3) is 0.724. The summed E-state index contributed by atoms with van der Waals surface area (Å²) in [5.74, 6) is -0.316. The molecule has 0 radical (unpaired) electrons. The predicted molar refractivity (Wildman–Crippen MR) is 141 cm³/mol. The van der Waals surface area contributed by atoms with Crippen molar-refractivity contribution < 1.29 is 14.3 Å². The summed E-state index contributed by atoms with van der Waals surface area (Å²) in [6.45, 7) is 2.92. The minimum atomic E-state index is -0.402. The number of ether oxygens (including phenoxy) is 1. The van der Waals surface area contributed by atoms with Crippen LogP contribution in [0.1, 0.15) is 116 Å². The molecule has 0 spiro atoms. The first-order valence-corrected chi connectivity index (χ1v) is 14.0. The molecule has 0 bridgehead atoms. The second-order valence-corrected chi connectivity index (χ2v) is 9.87. The second-order valence-electron chi connectivity index (χ2n) is 9.87. The molecule has 5 heteroatoms. The number of alkyl carbamates (subject to hydrolysis) is 1. The van der Waals surface area contributed by atoms with Crippen LogP contribution in [0.15, 0.2) is 30.3 Å². The summed E-state index contributed by atoms with van der Waals surface area (Å²) in [4.78, 5) is 24.1. The van der Waals surface area contributed by atoms with Crippen molar-refractivity contribution in [2.45, 2.75) is 122 Å². The van der Waals surface area contributed by atoms with E-state index >= 15 is 0 Å². The highest BCUT2D eigenvalue weighted by atomic mass is 16.6. The van der Waals surface area contributed by atoms with Gasteiger partial charge in [-0.15, -0.1) is 0 Å². The number of hydrogen-bond donors (Lipinski definition) is 2. The lowest BCUT2D eigenvalue weighted by Crippen LogP contribution is -2.27. The number of amides is 2. The molecular weight excluding hydrogens is 424 g/mol. The van der Waals surface area contributed by atoms with Crippen LogP contribution in [0, 0.1) is 5.92 Å². The molecule has 1 saturated carbocycles. The molecular formula is C29H48N2O3. The molecule has 1 aliphatic carbocycles. The zero-order valence-electron chi connectivity index (χ0n) is 21.5. The quantitative estimate of drug-likeness (QED) is 0.189. The van der Waals surface area contributed by atoms with Crippen molar-refractivity contribution in [3.8, 4) is 0 Å². The zero-order chi connectivity index (χ0) is 24.3. The van der Waals surface area contributed by atoms with Crippen molar-refractivity contribution in [3.63, 3.8) is 0 Å². The highest BCUT2D eigenvalue weighted by Gasteiger charge is 2.46. The number of unbranched alkanes of at least 4 members (excludes halogenated alkanes) is 15. The van der Waals surface area contributed by atoms with E-state index in [4.69, 9.17) is 4.74 Å². The molecule has 2 unspecified atom stereocenters. The molecule has 0 aromatic heterocycles. The van der Waals surface area contributed by atoms with Gasteiger partial charge in [0.25, 0.3) is 0 Å². The van der Waals surface area contributed by atoms with Gasteiger partial charge in [0.15, 0.2) is 0 Å². The van der Waals surface area contributed by atoms with Crippen LogP contribution in [-0.4, -0.2) is 24.6 Å². The van der Waals surface area contributed by atoms with Crippen LogP contribution in [0.5, 0.6) is 0 Å². The Morgan fingerprint density at radius 1 is 0.765 bits per heavy atom. The van der Waals surface area contributed by atoms with Gasteiger partial charge in [-0.25, -0.2) is 4.79 Å². The van der Waals surface area contributed by atoms with Crippen LogP contribution >= 0.6 is 0 Å². The number of rotatable bonds is 20. The van der Waals surface area contributed by atoms with E-state index in [-0.39, 0.29) is 17.9 Å². The number of anilines is 1. The SMILES string of the molecule is CCCCCCCCCCCCCCCCCCNC(=O)OC1CC1C(=O)Nc1ccccc1. The number of carbonyl (C=O) groups excluding carboxylic acids is 2. The summed E-state index contributed by atoms with van der Waals surface area (Å²) in [5, 5.41) is 5.68. The third-order valence-electron chi connectivity index (χ3n) is 6.67. The first-order chi connectivity index (χ1) is 16.7. The Labute approximate surface area is 207 Å². The van der Waals surface area contributed by atoms with Crippen LogP contribution in [0.2, 0.25) is 0 Å². The van der Waals surface area contributed by atoms with Crippen LogP contribution in [0.4, 0.5) is 10.5 Å². The molecule has 34 heavy (non-hydrogen) atoms. The van der Waals surface area contributed by atoms with Crippen molar-refractivity contribution in [2.75, 3.05) is 11.9 Å². The van der Waals surface area contributed by atoms with Crippen LogP contribution < -0.4 is 10.6 Å². The Bertz CT molecular complexity index is 665. The fourth-order valence-electron chi connectivity index (χ4n) is 4.38. The topological polar surface area (TPSA) is 67.4 Å². The molecule has 5 nitrogen and oxygen atoms in total. The maximum Gasteiger partial charge on any atom is 0.407 e. The standard InChI is InChI=1S/C29H48N2O3/c1-2-3-4-5-6-7-8-9-10-11-12-13-14-15-16-20-23-30-29(33)34-27-24-26(27)28(32)31-25-21-18-17-19-22-25/h17-19,21-22,26-27H,2-16,20,23-24H2,1H3,(H,30,33)(H,31,32). The fourth-order valence-corrected chi connectivity index (χ4v) is 4.38. The van der Waals surface area contributed by atoms with Crippen LogP contribution in [-0.2, 0) is 9.53 Å². The molecule has 0 aliphatic heterocycles. The lowest BCUT2D eigenvalue weighted by molar-refractivity contribution is -0.117. The van der Waals surface area contributed by atoms with E-state index in [0.29, 0.717) is 13.0 Å². The van der Waals surface area contributed by atoms with E-state index in [9.17, 15) is 9.59 Å². The Morgan fingerprint density at radius 3 is 1.79 bits per heavy atom. The van der Waals surface area contributed by atoms with Gasteiger partial charge in [0, 0.05) is 18.7 Å². The summed E-state index contributed by atoms with van der Waals surface area (Å²) >= 11 is 0. The summed E-state index contributed by atoms with van der Waals surface area (Å²) in [6.07, 6.45) is 21.3. The molecule has 2 N–H and O–H groups in total. The van der Waals surface area contributed by atoms with Gasteiger partial charge in [0.2, 0.25) is 5.91 Å². The van der Waals surface area contributed by atoms with E-state index in [1.165, 1.54) is 89.9 Å². The summed E-state index contributed by atoms with van der Waals surface area (Å²) in [6, 6.07) is 9.36. The number of carbonyl (C=O) groups is 2. The van der Waals surface area contributed by atoms with Gasteiger partial charge in [0.1, 0.15) is 6.10 Å².